The topological polar surface area (TPSA) is 89.8 Å². The summed E-state index contributed by atoms with van der Waals surface area (Å²) >= 11 is 0. The predicted molar refractivity (Wildman–Crippen MR) is 78.2 cm³/mol. The summed E-state index contributed by atoms with van der Waals surface area (Å²) in [7, 11) is 0. The minimum absolute atomic E-state index is 0.0438. The van der Waals surface area contributed by atoms with E-state index in [1.54, 1.807) is 12.1 Å². The lowest BCUT2D eigenvalue weighted by atomic mass is 10.1. The molecule has 5 heteroatoms. The maximum absolute atomic E-state index is 11.0. The van der Waals surface area contributed by atoms with Crippen LogP contribution in [0.2, 0.25) is 0 Å². The van der Waals surface area contributed by atoms with Crippen molar-refractivity contribution in [1.82, 2.24) is 0 Å². The zero-order valence-corrected chi connectivity index (χ0v) is 11.2. The lowest BCUT2D eigenvalue weighted by Gasteiger charge is -2.07. The first kappa shape index (κ1) is 14.3. The van der Waals surface area contributed by atoms with Gasteiger partial charge in [0.2, 0.25) is 5.91 Å². The van der Waals surface area contributed by atoms with Gasteiger partial charge in [-0.05, 0) is 36.4 Å². The quantitative estimate of drug-likeness (QED) is 0.477. The molecule has 0 heterocycles. The molecule has 0 bridgehead atoms. The molecule has 0 aliphatic carbocycles. The molecule has 0 saturated carbocycles. The fourth-order valence-electron chi connectivity index (χ4n) is 1.68. The van der Waals surface area contributed by atoms with Crippen molar-refractivity contribution in [3.8, 4) is 29.1 Å². The Morgan fingerprint density at radius 1 is 0.952 bits per heavy atom. The second-order valence-electron chi connectivity index (χ2n) is 4.37. The van der Waals surface area contributed by atoms with Crippen LogP contribution in [-0.4, -0.2) is 21.2 Å². The Kier molecular flexibility index (Phi) is 4.00. The largest absolute Gasteiger partial charge is 0.508 e. The van der Waals surface area contributed by atoms with Crippen LogP contribution in [0.5, 0.6) is 17.2 Å². The summed E-state index contributed by atoms with van der Waals surface area (Å²) in [5, 5.41) is 31.1. The number of phenols is 3. The standard InChI is InChI=1S/C16H13NO4/c1-10(18)17-16-14(20)8-12(9-15(16)21)3-2-11-4-6-13(19)7-5-11/h4-9,19-21H,1H3,(H,17,18). The smallest absolute Gasteiger partial charge is 0.221 e. The third kappa shape index (κ3) is 3.67. The first-order chi connectivity index (χ1) is 9.95. The third-order valence-electron chi connectivity index (χ3n) is 2.62. The Hall–Kier alpha value is -3.13. The number of aromatic hydroxyl groups is 3. The molecule has 106 valence electrons. The highest BCUT2D eigenvalue weighted by Gasteiger charge is 2.10. The van der Waals surface area contributed by atoms with Crippen LogP contribution in [0.15, 0.2) is 36.4 Å². The highest BCUT2D eigenvalue weighted by Crippen LogP contribution is 2.34. The van der Waals surface area contributed by atoms with Crippen LogP contribution in [0.3, 0.4) is 0 Å². The van der Waals surface area contributed by atoms with Crippen LogP contribution >= 0.6 is 0 Å². The molecule has 2 aromatic rings. The highest BCUT2D eigenvalue weighted by molar-refractivity contribution is 5.92. The molecule has 0 fully saturated rings. The summed E-state index contributed by atoms with van der Waals surface area (Å²) in [4.78, 5) is 11.0. The average molecular weight is 283 g/mol. The SMILES string of the molecule is CC(=O)Nc1c(O)cc(C#Cc2ccc(O)cc2)cc1O. The van der Waals surface area contributed by atoms with Crippen molar-refractivity contribution in [2.24, 2.45) is 0 Å². The molecule has 0 spiro atoms. The fourth-order valence-corrected chi connectivity index (χ4v) is 1.68. The highest BCUT2D eigenvalue weighted by atomic mass is 16.3. The minimum atomic E-state index is -0.400. The van der Waals surface area contributed by atoms with Crippen molar-refractivity contribution in [2.45, 2.75) is 6.92 Å². The zero-order chi connectivity index (χ0) is 15.4. The van der Waals surface area contributed by atoms with Gasteiger partial charge in [0.1, 0.15) is 22.9 Å². The summed E-state index contributed by atoms with van der Waals surface area (Å²) < 4.78 is 0. The van der Waals surface area contributed by atoms with E-state index in [-0.39, 0.29) is 22.9 Å². The van der Waals surface area contributed by atoms with Crippen LogP contribution in [0.1, 0.15) is 18.1 Å². The van der Waals surface area contributed by atoms with E-state index in [2.05, 4.69) is 17.2 Å². The van der Waals surface area contributed by atoms with Crippen molar-refractivity contribution in [1.29, 1.82) is 0 Å². The second kappa shape index (κ2) is 5.88. The molecular formula is C16H13NO4. The van der Waals surface area contributed by atoms with Gasteiger partial charge in [-0.25, -0.2) is 0 Å². The molecule has 0 aromatic heterocycles. The lowest BCUT2D eigenvalue weighted by Crippen LogP contribution is -2.06. The monoisotopic (exact) mass is 283 g/mol. The number of nitrogens with one attached hydrogen (secondary N) is 1. The maximum atomic E-state index is 11.0. The van der Waals surface area contributed by atoms with Crippen molar-refractivity contribution in [3.63, 3.8) is 0 Å². The number of phenolic OH excluding ortho intramolecular Hbond substituents is 3. The molecular weight excluding hydrogens is 270 g/mol. The number of anilines is 1. The number of amides is 1. The van der Waals surface area contributed by atoms with Crippen LogP contribution in [0.25, 0.3) is 0 Å². The number of carbonyl (C=O) groups excluding carboxylic acids is 1. The number of hydrogen-bond donors (Lipinski definition) is 4. The summed E-state index contributed by atoms with van der Waals surface area (Å²) in [5.74, 6) is 4.83. The molecule has 0 radical (unpaired) electrons. The molecule has 0 unspecified atom stereocenters. The summed E-state index contributed by atoms with van der Waals surface area (Å²) in [6.07, 6.45) is 0. The molecule has 1 amide bonds. The van der Waals surface area contributed by atoms with Crippen molar-refractivity contribution < 1.29 is 20.1 Å². The van der Waals surface area contributed by atoms with Gasteiger partial charge in [-0.2, -0.15) is 0 Å². The molecule has 0 atom stereocenters. The predicted octanol–water partition coefficient (Wildman–Crippen LogP) is 2.16. The van der Waals surface area contributed by atoms with Crippen molar-refractivity contribution in [2.75, 3.05) is 5.32 Å². The minimum Gasteiger partial charge on any atom is -0.508 e. The van der Waals surface area contributed by atoms with Gasteiger partial charge in [-0.1, -0.05) is 11.8 Å². The molecule has 0 aliphatic rings. The Bertz CT molecular complexity index is 716. The molecule has 0 aliphatic heterocycles. The van der Waals surface area contributed by atoms with Gasteiger partial charge in [0.25, 0.3) is 0 Å². The van der Waals surface area contributed by atoms with E-state index in [9.17, 15) is 15.0 Å². The van der Waals surface area contributed by atoms with Gasteiger partial charge in [0, 0.05) is 18.1 Å². The van der Waals surface area contributed by atoms with Crippen LogP contribution in [0.4, 0.5) is 5.69 Å². The zero-order valence-electron chi connectivity index (χ0n) is 11.2. The van der Waals surface area contributed by atoms with Gasteiger partial charge in [0.15, 0.2) is 0 Å². The Morgan fingerprint density at radius 2 is 1.48 bits per heavy atom. The van der Waals surface area contributed by atoms with Crippen molar-refractivity contribution >= 4 is 11.6 Å². The van der Waals surface area contributed by atoms with E-state index in [1.807, 2.05) is 0 Å². The van der Waals surface area contributed by atoms with E-state index in [0.717, 1.165) is 0 Å². The Balaban J connectivity index is 2.30. The first-order valence-corrected chi connectivity index (χ1v) is 6.10. The Morgan fingerprint density at radius 3 is 2.00 bits per heavy atom. The van der Waals surface area contributed by atoms with E-state index < -0.39 is 5.91 Å². The molecule has 2 rings (SSSR count). The first-order valence-electron chi connectivity index (χ1n) is 6.10. The van der Waals surface area contributed by atoms with Gasteiger partial charge in [-0.15, -0.1) is 0 Å². The molecule has 5 nitrogen and oxygen atoms in total. The number of carbonyl (C=O) groups is 1. The summed E-state index contributed by atoms with van der Waals surface area (Å²) in [6, 6.07) is 9.01. The Labute approximate surface area is 121 Å². The summed E-state index contributed by atoms with van der Waals surface area (Å²) in [5.41, 5.74) is 1.03. The van der Waals surface area contributed by atoms with Crippen LogP contribution in [0, 0.1) is 11.8 Å². The van der Waals surface area contributed by atoms with Gasteiger partial charge in [0.05, 0.1) is 0 Å². The second-order valence-corrected chi connectivity index (χ2v) is 4.37. The van der Waals surface area contributed by atoms with E-state index in [1.165, 1.54) is 31.2 Å². The molecule has 4 N–H and O–H groups in total. The fraction of sp³-hybridized carbons (Fsp3) is 0.0625. The average Bonchev–Trinajstić information content (AvgIpc) is 2.42. The van der Waals surface area contributed by atoms with Crippen LogP contribution in [-0.2, 0) is 4.79 Å². The maximum Gasteiger partial charge on any atom is 0.221 e. The molecule has 2 aromatic carbocycles. The number of rotatable bonds is 1. The van der Waals surface area contributed by atoms with Crippen LogP contribution < -0.4 is 5.32 Å². The van der Waals surface area contributed by atoms with E-state index >= 15 is 0 Å². The third-order valence-corrected chi connectivity index (χ3v) is 2.62. The molecule has 0 saturated heterocycles. The lowest BCUT2D eigenvalue weighted by molar-refractivity contribution is -0.114. The van der Waals surface area contributed by atoms with Gasteiger partial charge < -0.3 is 20.6 Å². The van der Waals surface area contributed by atoms with E-state index in [0.29, 0.717) is 11.1 Å². The number of benzene rings is 2. The molecule has 21 heavy (non-hydrogen) atoms. The van der Waals surface area contributed by atoms with Gasteiger partial charge >= 0.3 is 0 Å². The van der Waals surface area contributed by atoms with Gasteiger partial charge in [-0.3, -0.25) is 4.79 Å². The number of hydrogen-bond acceptors (Lipinski definition) is 4. The normalized spacial score (nSPS) is 9.57. The summed E-state index contributed by atoms with van der Waals surface area (Å²) in [6.45, 7) is 1.28. The van der Waals surface area contributed by atoms with E-state index in [4.69, 9.17) is 5.11 Å². The van der Waals surface area contributed by atoms with Crippen molar-refractivity contribution in [3.05, 3.63) is 47.5 Å².